The Balaban J connectivity index is 1.68. The lowest BCUT2D eigenvalue weighted by Crippen LogP contribution is -2.42. The first-order valence-electron chi connectivity index (χ1n) is 8.34. The van der Waals surface area contributed by atoms with E-state index in [0.29, 0.717) is 12.0 Å². The smallest absolute Gasteiger partial charge is 0.0672 e. The molecule has 2 fully saturated rings. The summed E-state index contributed by atoms with van der Waals surface area (Å²) in [6.07, 6.45) is 4.72. The summed E-state index contributed by atoms with van der Waals surface area (Å²) in [5.74, 6) is 2.59. The van der Waals surface area contributed by atoms with Crippen LogP contribution in [0.3, 0.4) is 0 Å². The van der Waals surface area contributed by atoms with Crippen LogP contribution in [0.1, 0.15) is 44.1 Å². The van der Waals surface area contributed by atoms with Gasteiger partial charge in [-0.25, -0.2) is 0 Å². The third kappa shape index (κ3) is 3.30. The van der Waals surface area contributed by atoms with Crippen LogP contribution in [-0.2, 0) is 0 Å². The Morgan fingerprint density at radius 2 is 1.90 bits per heavy atom. The second-order valence-corrected chi connectivity index (χ2v) is 7.14. The Morgan fingerprint density at radius 1 is 1.19 bits per heavy atom. The summed E-state index contributed by atoms with van der Waals surface area (Å²) in [5.41, 5.74) is 1.45. The molecule has 2 aliphatic carbocycles. The van der Waals surface area contributed by atoms with Crippen LogP contribution in [0.5, 0.6) is 0 Å². The third-order valence-electron chi connectivity index (χ3n) is 5.62. The molecule has 1 aromatic rings. The van der Waals surface area contributed by atoms with Crippen molar-refractivity contribution in [3.05, 3.63) is 35.9 Å². The molecule has 2 heteroatoms. The molecule has 0 heterocycles. The topological polar surface area (TPSA) is 27.0 Å². The van der Waals surface area contributed by atoms with Crippen LogP contribution in [-0.4, -0.2) is 24.5 Å². The van der Waals surface area contributed by atoms with Crippen molar-refractivity contribution in [1.29, 1.82) is 5.26 Å². The van der Waals surface area contributed by atoms with E-state index in [4.69, 9.17) is 0 Å². The molecule has 0 radical (unpaired) electrons. The maximum atomic E-state index is 9.49. The van der Waals surface area contributed by atoms with Crippen molar-refractivity contribution >= 4 is 0 Å². The Morgan fingerprint density at radius 3 is 2.52 bits per heavy atom. The van der Waals surface area contributed by atoms with Gasteiger partial charge in [-0.15, -0.1) is 0 Å². The molecule has 0 aromatic heterocycles. The van der Waals surface area contributed by atoms with Gasteiger partial charge in [-0.05, 0) is 56.0 Å². The first-order valence-corrected chi connectivity index (χ1v) is 8.34. The van der Waals surface area contributed by atoms with Gasteiger partial charge in [0.1, 0.15) is 0 Å². The molecule has 3 rings (SSSR count). The van der Waals surface area contributed by atoms with Crippen molar-refractivity contribution in [2.24, 2.45) is 17.8 Å². The average molecular weight is 282 g/mol. The largest absolute Gasteiger partial charge is 0.302 e. The molecule has 112 valence electrons. The first kappa shape index (κ1) is 14.6. The van der Waals surface area contributed by atoms with Crippen LogP contribution in [0.4, 0.5) is 0 Å². The fraction of sp³-hybridized carbons (Fsp3) is 0.632. The second kappa shape index (κ2) is 6.20. The molecule has 1 aromatic carbocycles. The van der Waals surface area contributed by atoms with E-state index in [1.54, 1.807) is 0 Å². The van der Waals surface area contributed by atoms with Gasteiger partial charge in [0.15, 0.2) is 0 Å². The number of hydrogen-bond donors (Lipinski definition) is 0. The Hall–Kier alpha value is -1.33. The highest BCUT2D eigenvalue weighted by Gasteiger charge is 2.38. The number of rotatable bonds is 4. The zero-order valence-electron chi connectivity index (χ0n) is 13.2. The minimum Gasteiger partial charge on any atom is -0.302 e. The molecule has 5 unspecified atom stereocenters. The molecule has 5 atom stereocenters. The van der Waals surface area contributed by atoms with Gasteiger partial charge >= 0.3 is 0 Å². The van der Waals surface area contributed by atoms with Crippen LogP contribution in [0.25, 0.3) is 0 Å². The fourth-order valence-electron chi connectivity index (χ4n) is 3.97. The van der Waals surface area contributed by atoms with Crippen LogP contribution < -0.4 is 0 Å². The number of nitrogens with zero attached hydrogens (tertiary/aromatic N) is 2. The van der Waals surface area contributed by atoms with E-state index >= 15 is 0 Å². The van der Waals surface area contributed by atoms with Crippen molar-refractivity contribution in [2.75, 3.05) is 13.6 Å². The zero-order chi connectivity index (χ0) is 14.8. The van der Waals surface area contributed by atoms with Gasteiger partial charge in [0.2, 0.25) is 0 Å². The summed E-state index contributed by atoms with van der Waals surface area (Å²) in [5, 5.41) is 9.49. The number of hydrogen-bond acceptors (Lipinski definition) is 2. The fourth-order valence-corrected chi connectivity index (χ4v) is 3.97. The summed E-state index contributed by atoms with van der Waals surface area (Å²) in [7, 11) is 2.23. The Bertz CT molecular complexity index is 504. The SMILES string of the molecule is CC1CC1CN(C)C1CC(c2ccccc2)CCC1C#N. The van der Waals surface area contributed by atoms with Gasteiger partial charge in [0, 0.05) is 12.6 Å². The molecule has 21 heavy (non-hydrogen) atoms. The molecule has 2 nitrogen and oxygen atoms in total. The molecule has 0 N–H and O–H groups in total. The Labute approximate surface area is 128 Å². The highest BCUT2D eigenvalue weighted by atomic mass is 15.1. The summed E-state index contributed by atoms with van der Waals surface area (Å²) >= 11 is 0. The first-order chi connectivity index (χ1) is 10.2. The van der Waals surface area contributed by atoms with Crippen LogP contribution in [0, 0.1) is 29.1 Å². The molecule has 0 amide bonds. The van der Waals surface area contributed by atoms with Crippen molar-refractivity contribution in [1.82, 2.24) is 4.90 Å². The molecular weight excluding hydrogens is 256 g/mol. The van der Waals surface area contributed by atoms with Gasteiger partial charge < -0.3 is 4.90 Å². The summed E-state index contributed by atoms with van der Waals surface area (Å²) < 4.78 is 0. The molecule has 0 saturated heterocycles. The average Bonchev–Trinajstić information content (AvgIpc) is 3.22. The summed E-state index contributed by atoms with van der Waals surface area (Å²) in [6, 6.07) is 13.9. The van der Waals surface area contributed by atoms with Gasteiger partial charge in [-0.3, -0.25) is 0 Å². The molecule has 2 saturated carbocycles. The van der Waals surface area contributed by atoms with Gasteiger partial charge in [-0.1, -0.05) is 37.3 Å². The van der Waals surface area contributed by atoms with Crippen molar-refractivity contribution in [3.8, 4) is 6.07 Å². The monoisotopic (exact) mass is 282 g/mol. The quantitative estimate of drug-likeness (QED) is 0.833. The van der Waals surface area contributed by atoms with Crippen molar-refractivity contribution in [3.63, 3.8) is 0 Å². The lowest BCUT2D eigenvalue weighted by molar-refractivity contribution is 0.139. The minimum atomic E-state index is 0.212. The van der Waals surface area contributed by atoms with Gasteiger partial charge in [0.25, 0.3) is 0 Å². The second-order valence-electron chi connectivity index (χ2n) is 7.14. The normalized spacial score (nSPS) is 35.4. The Kier molecular flexibility index (Phi) is 4.31. The third-order valence-corrected chi connectivity index (χ3v) is 5.62. The van der Waals surface area contributed by atoms with E-state index in [-0.39, 0.29) is 5.92 Å². The van der Waals surface area contributed by atoms with Gasteiger partial charge in [-0.2, -0.15) is 5.26 Å². The predicted molar refractivity (Wildman–Crippen MR) is 85.8 cm³/mol. The summed E-state index contributed by atoms with van der Waals surface area (Å²) in [6.45, 7) is 3.51. The molecular formula is C19H26N2. The molecule has 0 aliphatic heterocycles. The highest BCUT2D eigenvalue weighted by molar-refractivity contribution is 5.21. The van der Waals surface area contributed by atoms with E-state index in [1.807, 2.05) is 0 Å². The molecule has 2 aliphatic rings. The lowest BCUT2D eigenvalue weighted by Gasteiger charge is -2.38. The molecule has 0 spiro atoms. The lowest BCUT2D eigenvalue weighted by atomic mass is 9.75. The predicted octanol–water partition coefficient (Wildman–Crippen LogP) is 4.05. The number of benzene rings is 1. The summed E-state index contributed by atoms with van der Waals surface area (Å²) in [4.78, 5) is 2.48. The van der Waals surface area contributed by atoms with E-state index in [2.05, 4.69) is 55.3 Å². The maximum absolute atomic E-state index is 9.49. The minimum absolute atomic E-state index is 0.212. The van der Waals surface area contributed by atoms with Gasteiger partial charge in [0.05, 0.1) is 12.0 Å². The molecule has 0 bridgehead atoms. The van der Waals surface area contributed by atoms with E-state index < -0.39 is 0 Å². The van der Waals surface area contributed by atoms with E-state index in [1.165, 1.54) is 18.5 Å². The number of nitriles is 1. The van der Waals surface area contributed by atoms with Crippen LogP contribution in [0.2, 0.25) is 0 Å². The van der Waals surface area contributed by atoms with E-state index in [9.17, 15) is 5.26 Å². The van der Waals surface area contributed by atoms with Crippen LogP contribution in [0.15, 0.2) is 30.3 Å². The van der Waals surface area contributed by atoms with Crippen LogP contribution >= 0.6 is 0 Å². The zero-order valence-corrected chi connectivity index (χ0v) is 13.2. The maximum Gasteiger partial charge on any atom is 0.0672 e. The van der Waals surface area contributed by atoms with E-state index in [0.717, 1.165) is 31.1 Å². The van der Waals surface area contributed by atoms with Crippen molar-refractivity contribution in [2.45, 2.75) is 44.6 Å². The van der Waals surface area contributed by atoms with Crippen molar-refractivity contribution < 1.29 is 0 Å². The standard InChI is InChI=1S/C19H26N2/c1-14-10-18(14)13-21(2)19-11-16(8-9-17(19)12-20)15-6-4-3-5-7-15/h3-7,14,16-19H,8-11,13H2,1-2H3. The highest BCUT2D eigenvalue weighted by Crippen LogP contribution is 2.41.